The lowest BCUT2D eigenvalue weighted by Gasteiger charge is -2.21. The predicted octanol–water partition coefficient (Wildman–Crippen LogP) is 0.335. The zero-order chi connectivity index (χ0) is 11.4. The molecule has 88 valence electrons. The van der Waals surface area contributed by atoms with Gasteiger partial charge in [0.05, 0.1) is 7.11 Å². The van der Waals surface area contributed by atoms with Crippen LogP contribution in [0.25, 0.3) is 0 Å². The van der Waals surface area contributed by atoms with E-state index in [9.17, 15) is 4.79 Å². The van der Waals surface area contributed by atoms with E-state index in [4.69, 9.17) is 4.74 Å². The van der Waals surface area contributed by atoms with Gasteiger partial charge >= 0.3 is 5.97 Å². The Morgan fingerprint density at radius 2 is 2.00 bits per heavy atom. The average Bonchev–Trinajstić information content (AvgIpc) is 2.53. The number of likely N-dealkylation sites (tertiary alicyclic amines) is 1. The van der Waals surface area contributed by atoms with Gasteiger partial charge in [-0.1, -0.05) is 13.8 Å². The number of hydrogen-bond acceptors (Lipinski definition) is 4. The average molecular weight is 214 g/mol. The summed E-state index contributed by atoms with van der Waals surface area (Å²) in [5, 5.41) is 2.99. The molecule has 0 amide bonds. The van der Waals surface area contributed by atoms with Crippen LogP contribution in [0.2, 0.25) is 0 Å². The topological polar surface area (TPSA) is 41.6 Å². The van der Waals surface area contributed by atoms with Crippen LogP contribution < -0.4 is 5.32 Å². The third-order valence-electron chi connectivity index (χ3n) is 3.34. The molecule has 0 spiro atoms. The lowest BCUT2D eigenvalue weighted by atomic mass is 10.0. The summed E-state index contributed by atoms with van der Waals surface area (Å²) in [4.78, 5) is 13.7. The van der Waals surface area contributed by atoms with Crippen LogP contribution in [0, 0.1) is 11.8 Å². The highest BCUT2D eigenvalue weighted by molar-refractivity contribution is 5.75. The van der Waals surface area contributed by atoms with Crippen LogP contribution in [0.1, 0.15) is 13.8 Å². The number of carbonyl (C=O) groups excluding carboxylic acids is 1. The van der Waals surface area contributed by atoms with Gasteiger partial charge in [0.25, 0.3) is 0 Å². The van der Waals surface area contributed by atoms with E-state index in [0.29, 0.717) is 0 Å². The molecule has 3 atom stereocenters. The molecule has 15 heavy (non-hydrogen) atoms. The van der Waals surface area contributed by atoms with E-state index in [2.05, 4.69) is 24.1 Å². The molecule has 1 rings (SSSR count). The van der Waals surface area contributed by atoms with Gasteiger partial charge in [0.1, 0.15) is 6.04 Å². The highest BCUT2D eigenvalue weighted by atomic mass is 16.5. The van der Waals surface area contributed by atoms with Crippen molar-refractivity contribution in [3.05, 3.63) is 0 Å². The fourth-order valence-corrected chi connectivity index (χ4v) is 2.08. The highest BCUT2D eigenvalue weighted by Crippen LogP contribution is 2.21. The molecule has 0 aromatic rings. The van der Waals surface area contributed by atoms with Gasteiger partial charge in [-0.25, -0.2) is 0 Å². The third kappa shape index (κ3) is 3.18. The van der Waals surface area contributed by atoms with Crippen molar-refractivity contribution < 1.29 is 9.53 Å². The Balaban J connectivity index is 2.43. The van der Waals surface area contributed by atoms with Gasteiger partial charge in [-0.2, -0.15) is 0 Å². The van der Waals surface area contributed by atoms with Crippen molar-refractivity contribution >= 4 is 5.97 Å². The second kappa shape index (κ2) is 5.47. The fourth-order valence-electron chi connectivity index (χ4n) is 2.08. The quantitative estimate of drug-likeness (QED) is 0.685. The van der Waals surface area contributed by atoms with Gasteiger partial charge in [0.15, 0.2) is 0 Å². The Morgan fingerprint density at radius 1 is 1.47 bits per heavy atom. The van der Waals surface area contributed by atoms with Crippen molar-refractivity contribution in [3.8, 4) is 0 Å². The molecule has 1 fully saturated rings. The van der Waals surface area contributed by atoms with Gasteiger partial charge in [-0.05, 0) is 18.9 Å². The summed E-state index contributed by atoms with van der Waals surface area (Å²) in [6, 6.07) is -0.201. The molecule has 0 aromatic heterocycles. The molecular formula is C11H22N2O2. The Hall–Kier alpha value is -0.610. The normalized spacial score (nSPS) is 29.1. The molecule has 0 aliphatic carbocycles. The summed E-state index contributed by atoms with van der Waals surface area (Å²) in [6.45, 7) is 7.43. The minimum atomic E-state index is -0.201. The Labute approximate surface area is 92.0 Å². The summed E-state index contributed by atoms with van der Waals surface area (Å²) in [5.74, 6) is 1.27. The van der Waals surface area contributed by atoms with Crippen molar-refractivity contribution in [1.29, 1.82) is 0 Å². The maximum absolute atomic E-state index is 11.4. The molecular weight excluding hydrogens is 192 g/mol. The Bertz CT molecular complexity index is 211. The predicted molar refractivity (Wildman–Crippen MR) is 59.6 cm³/mol. The van der Waals surface area contributed by atoms with Gasteiger partial charge in [0.2, 0.25) is 0 Å². The minimum Gasteiger partial charge on any atom is -0.468 e. The summed E-state index contributed by atoms with van der Waals surface area (Å²) in [7, 11) is 3.23. The summed E-state index contributed by atoms with van der Waals surface area (Å²) < 4.78 is 4.74. The molecule has 1 heterocycles. The first-order chi connectivity index (χ1) is 7.08. The van der Waals surface area contributed by atoms with Crippen molar-refractivity contribution in [2.75, 3.05) is 33.8 Å². The lowest BCUT2D eigenvalue weighted by Crippen LogP contribution is -2.44. The van der Waals surface area contributed by atoms with E-state index >= 15 is 0 Å². The number of hydrogen-bond donors (Lipinski definition) is 1. The van der Waals surface area contributed by atoms with Crippen LogP contribution in [0.15, 0.2) is 0 Å². The largest absolute Gasteiger partial charge is 0.468 e. The zero-order valence-corrected chi connectivity index (χ0v) is 10.1. The lowest BCUT2D eigenvalue weighted by molar-refractivity contribution is -0.143. The zero-order valence-electron chi connectivity index (χ0n) is 10.1. The van der Waals surface area contributed by atoms with Crippen LogP contribution in [0.4, 0.5) is 0 Å². The maximum atomic E-state index is 11.4. The molecule has 1 aliphatic rings. The van der Waals surface area contributed by atoms with Crippen LogP contribution in [-0.4, -0.2) is 50.7 Å². The van der Waals surface area contributed by atoms with Crippen molar-refractivity contribution in [1.82, 2.24) is 10.2 Å². The molecule has 1 aliphatic heterocycles. The van der Waals surface area contributed by atoms with E-state index in [-0.39, 0.29) is 12.0 Å². The Morgan fingerprint density at radius 3 is 2.40 bits per heavy atom. The molecule has 4 heteroatoms. The van der Waals surface area contributed by atoms with Crippen molar-refractivity contribution in [2.45, 2.75) is 19.9 Å². The van der Waals surface area contributed by atoms with Gasteiger partial charge in [-0.15, -0.1) is 0 Å². The molecule has 1 saturated heterocycles. The van der Waals surface area contributed by atoms with Crippen molar-refractivity contribution in [2.24, 2.45) is 11.8 Å². The standard InChI is InChI=1S/C11H22N2O2/c1-8-5-13(6-9(8)2)7-10(12-3)11(14)15-4/h8-10,12H,5-7H2,1-4H3. The first-order valence-corrected chi connectivity index (χ1v) is 5.56. The number of carbonyl (C=O) groups is 1. The first-order valence-electron chi connectivity index (χ1n) is 5.56. The summed E-state index contributed by atoms with van der Waals surface area (Å²) >= 11 is 0. The van der Waals surface area contributed by atoms with Gasteiger partial charge in [0, 0.05) is 19.6 Å². The molecule has 0 radical (unpaired) electrons. The van der Waals surface area contributed by atoms with Gasteiger partial charge in [-0.3, -0.25) is 4.79 Å². The molecule has 1 N–H and O–H groups in total. The van der Waals surface area contributed by atoms with Crippen LogP contribution in [0.3, 0.4) is 0 Å². The molecule has 0 aromatic carbocycles. The number of nitrogens with zero attached hydrogens (tertiary/aromatic N) is 1. The summed E-state index contributed by atoms with van der Waals surface area (Å²) in [5.41, 5.74) is 0. The second-order valence-corrected chi connectivity index (χ2v) is 4.54. The monoisotopic (exact) mass is 214 g/mol. The molecule has 4 nitrogen and oxygen atoms in total. The van der Waals surface area contributed by atoms with E-state index in [1.165, 1.54) is 7.11 Å². The van der Waals surface area contributed by atoms with E-state index in [0.717, 1.165) is 31.5 Å². The number of ether oxygens (including phenoxy) is 1. The summed E-state index contributed by atoms with van der Waals surface area (Å²) in [6.07, 6.45) is 0. The number of likely N-dealkylation sites (N-methyl/N-ethyl adjacent to an activating group) is 1. The minimum absolute atomic E-state index is 0.176. The molecule has 0 saturated carbocycles. The second-order valence-electron chi connectivity index (χ2n) is 4.54. The fraction of sp³-hybridized carbons (Fsp3) is 0.909. The smallest absolute Gasteiger partial charge is 0.324 e. The SMILES string of the molecule is CNC(CN1CC(C)C(C)C1)C(=O)OC. The van der Waals surface area contributed by atoms with Crippen LogP contribution in [-0.2, 0) is 9.53 Å². The first kappa shape index (κ1) is 12.5. The van der Waals surface area contributed by atoms with E-state index < -0.39 is 0 Å². The van der Waals surface area contributed by atoms with E-state index in [1.54, 1.807) is 7.05 Å². The molecule has 3 unspecified atom stereocenters. The number of rotatable bonds is 4. The maximum Gasteiger partial charge on any atom is 0.324 e. The van der Waals surface area contributed by atoms with Crippen molar-refractivity contribution in [3.63, 3.8) is 0 Å². The molecule has 0 bridgehead atoms. The van der Waals surface area contributed by atoms with Crippen LogP contribution in [0.5, 0.6) is 0 Å². The van der Waals surface area contributed by atoms with Crippen LogP contribution >= 0.6 is 0 Å². The number of methoxy groups -OCH3 is 1. The number of esters is 1. The Kier molecular flexibility index (Phi) is 4.54. The number of nitrogens with one attached hydrogen (secondary N) is 1. The third-order valence-corrected chi connectivity index (χ3v) is 3.34. The van der Waals surface area contributed by atoms with E-state index in [1.807, 2.05) is 0 Å². The highest BCUT2D eigenvalue weighted by Gasteiger charge is 2.29. The van der Waals surface area contributed by atoms with Gasteiger partial charge < -0.3 is 15.0 Å².